The summed E-state index contributed by atoms with van der Waals surface area (Å²) in [7, 11) is 0. The maximum atomic E-state index is 13.2. The molecule has 0 aromatic heterocycles. The molecule has 2 rings (SSSR count). The van der Waals surface area contributed by atoms with Gasteiger partial charge in [0, 0.05) is 5.69 Å². The molecule has 0 aliphatic rings. The van der Waals surface area contributed by atoms with E-state index in [2.05, 4.69) is 5.32 Å². The summed E-state index contributed by atoms with van der Waals surface area (Å²) in [6.45, 7) is 3.77. The van der Waals surface area contributed by atoms with E-state index in [4.69, 9.17) is 5.26 Å². The Morgan fingerprint density at radius 1 is 1.13 bits per heavy atom. The number of anilines is 1. The first-order valence-electron chi connectivity index (χ1n) is 6.86. The van der Waals surface area contributed by atoms with Gasteiger partial charge in [0.05, 0.1) is 0 Å². The van der Waals surface area contributed by atoms with Crippen molar-refractivity contribution in [3.63, 3.8) is 0 Å². The lowest BCUT2D eigenvalue weighted by atomic mass is 10.1. The molecule has 0 radical (unpaired) electrons. The number of nitriles is 1. The third kappa shape index (κ3) is 4.01. The number of carbonyl (C=O) groups is 1. The van der Waals surface area contributed by atoms with Gasteiger partial charge in [0.1, 0.15) is 11.6 Å². The van der Waals surface area contributed by atoms with Crippen LogP contribution in [0.3, 0.4) is 0 Å². The predicted octanol–water partition coefficient (Wildman–Crippen LogP) is 4.13. The lowest BCUT2D eigenvalue weighted by Gasteiger charge is -2.08. The van der Waals surface area contributed by atoms with E-state index in [-0.39, 0.29) is 11.1 Å². The molecule has 0 bridgehead atoms. The highest BCUT2D eigenvalue weighted by Crippen LogP contribution is 2.18. The molecule has 0 heterocycles. The topological polar surface area (TPSA) is 52.9 Å². The Balaban J connectivity index is 2.26. The number of nitrogens with zero attached hydrogens (tertiary/aromatic N) is 1. The molecule has 0 aliphatic heterocycles. The highest BCUT2D eigenvalue weighted by molar-refractivity contribution is 6.09. The van der Waals surface area contributed by atoms with E-state index in [0.717, 1.165) is 23.3 Å². The van der Waals surface area contributed by atoms with Crippen molar-refractivity contribution in [2.24, 2.45) is 0 Å². The molecule has 2 aromatic rings. The number of benzene rings is 2. The quantitative estimate of drug-likeness (QED) is 0.684. The number of aryl methyl sites for hydroxylation is 2. The first-order chi connectivity index (χ1) is 10.9. The van der Waals surface area contributed by atoms with Gasteiger partial charge in [-0.2, -0.15) is 5.26 Å². The van der Waals surface area contributed by atoms with Gasteiger partial charge < -0.3 is 5.32 Å². The van der Waals surface area contributed by atoms with Gasteiger partial charge in [0.25, 0.3) is 5.91 Å². The zero-order chi connectivity index (χ0) is 17.0. The minimum Gasteiger partial charge on any atom is -0.321 e. The average molecular weight is 312 g/mol. The number of hydrogen-bond donors (Lipinski definition) is 1. The van der Waals surface area contributed by atoms with Crippen LogP contribution in [0.15, 0.2) is 42.0 Å². The van der Waals surface area contributed by atoms with E-state index >= 15 is 0 Å². The molecule has 0 aliphatic carbocycles. The van der Waals surface area contributed by atoms with Crippen LogP contribution in [0.1, 0.15) is 16.7 Å². The Hall–Kier alpha value is -3.00. The Morgan fingerprint density at radius 2 is 1.87 bits per heavy atom. The summed E-state index contributed by atoms with van der Waals surface area (Å²) in [5.41, 5.74) is 2.54. The van der Waals surface area contributed by atoms with Crippen LogP contribution in [0.4, 0.5) is 14.5 Å². The van der Waals surface area contributed by atoms with Crippen LogP contribution in [0.25, 0.3) is 6.08 Å². The second-order valence-electron chi connectivity index (χ2n) is 5.12. The summed E-state index contributed by atoms with van der Waals surface area (Å²) < 4.78 is 26.1. The van der Waals surface area contributed by atoms with E-state index in [1.54, 1.807) is 12.1 Å². The monoisotopic (exact) mass is 312 g/mol. The molecule has 0 fully saturated rings. The molecular formula is C18H14F2N2O. The number of halogens is 2. The van der Waals surface area contributed by atoms with Gasteiger partial charge in [-0.3, -0.25) is 4.79 Å². The van der Waals surface area contributed by atoms with Crippen molar-refractivity contribution in [3.05, 3.63) is 70.3 Å². The van der Waals surface area contributed by atoms with Crippen molar-refractivity contribution in [3.8, 4) is 6.07 Å². The minimum absolute atomic E-state index is 0.198. The van der Waals surface area contributed by atoms with Crippen LogP contribution in [-0.2, 0) is 4.79 Å². The molecule has 23 heavy (non-hydrogen) atoms. The van der Waals surface area contributed by atoms with Gasteiger partial charge in [-0.05, 0) is 49.2 Å². The fourth-order valence-electron chi connectivity index (χ4n) is 2.06. The Kier molecular flexibility index (Phi) is 4.87. The molecule has 0 spiro atoms. The molecule has 2 aromatic carbocycles. The van der Waals surface area contributed by atoms with E-state index < -0.39 is 17.5 Å². The third-order valence-electron chi connectivity index (χ3n) is 3.25. The van der Waals surface area contributed by atoms with Gasteiger partial charge in [-0.15, -0.1) is 0 Å². The number of amides is 1. The predicted molar refractivity (Wildman–Crippen MR) is 84.5 cm³/mol. The van der Waals surface area contributed by atoms with Crippen LogP contribution >= 0.6 is 0 Å². The largest absolute Gasteiger partial charge is 0.321 e. The molecule has 0 saturated heterocycles. The average Bonchev–Trinajstić information content (AvgIpc) is 2.51. The molecule has 1 N–H and O–H groups in total. The van der Waals surface area contributed by atoms with Gasteiger partial charge in [0.15, 0.2) is 11.6 Å². The maximum Gasteiger partial charge on any atom is 0.266 e. The maximum absolute atomic E-state index is 13.2. The van der Waals surface area contributed by atoms with Crippen molar-refractivity contribution in [2.75, 3.05) is 5.32 Å². The molecule has 0 saturated carbocycles. The van der Waals surface area contributed by atoms with E-state index in [9.17, 15) is 13.6 Å². The molecule has 0 unspecified atom stereocenters. The summed E-state index contributed by atoms with van der Waals surface area (Å²) >= 11 is 0. The zero-order valence-corrected chi connectivity index (χ0v) is 12.7. The lowest BCUT2D eigenvalue weighted by molar-refractivity contribution is -0.112. The highest BCUT2D eigenvalue weighted by Gasteiger charge is 2.11. The number of carbonyl (C=O) groups excluding carboxylic acids is 1. The second kappa shape index (κ2) is 6.84. The van der Waals surface area contributed by atoms with Gasteiger partial charge in [0.2, 0.25) is 0 Å². The summed E-state index contributed by atoms with van der Waals surface area (Å²) in [4.78, 5) is 12.2. The first kappa shape index (κ1) is 16.4. The van der Waals surface area contributed by atoms with Crippen LogP contribution in [0.5, 0.6) is 0 Å². The molecule has 3 nitrogen and oxygen atoms in total. The molecule has 0 atom stereocenters. The molecule has 5 heteroatoms. The van der Waals surface area contributed by atoms with Crippen molar-refractivity contribution in [1.29, 1.82) is 5.26 Å². The van der Waals surface area contributed by atoms with Crippen molar-refractivity contribution >= 4 is 17.7 Å². The molecule has 116 valence electrons. The fraction of sp³-hybridized carbons (Fsp3) is 0.111. The van der Waals surface area contributed by atoms with Gasteiger partial charge >= 0.3 is 0 Å². The molecular weight excluding hydrogens is 298 g/mol. The van der Waals surface area contributed by atoms with E-state index in [1.807, 2.05) is 26.0 Å². The van der Waals surface area contributed by atoms with Crippen LogP contribution in [0.2, 0.25) is 0 Å². The van der Waals surface area contributed by atoms with Crippen LogP contribution in [-0.4, -0.2) is 5.91 Å². The standard InChI is InChI=1S/C18H14F2N2O/c1-11-3-6-17(12(2)7-11)22-18(23)14(10-21)8-13-4-5-15(19)16(20)9-13/h3-9H,1-2H3,(H,22,23)/b14-8+. The Morgan fingerprint density at radius 3 is 2.48 bits per heavy atom. The number of rotatable bonds is 3. The normalized spacial score (nSPS) is 11.0. The third-order valence-corrected chi connectivity index (χ3v) is 3.25. The summed E-state index contributed by atoms with van der Waals surface area (Å²) in [5, 5.41) is 11.8. The summed E-state index contributed by atoms with van der Waals surface area (Å²) in [5.74, 6) is -2.63. The van der Waals surface area contributed by atoms with Crippen molar-refractivity contribution < 1.29 is 13.6 Å². The van der Waals surface area contributed by atoms with Crippen LogP contribution in [0, 0.1) is 36.8 Å². The van der Waals surface area contributed by atoms with E-state index in [0.29, 0.717) is 5.69 Å². The highest BCUT2D eigenvalue weighted by atomic mass is 19.2. The Labute approximate surface area is 132 Å². The SMILES string of the molecule is Cc1ccc(NC(=O)/C(C#N)=C/c2ccc(F)c(F)c2)c(C)c1. The molecule has 1 amide bonds. The van der Waals surface area contributed by atoms with Crippen molar-refractivity contribution in [2.45, 2.75) is 13.8 Å². The van der Waals surface area contributed by atoms with E-state index in [1.165, 1.54) is 12.1 Å². The lowest BCUT2D eigenvalue weighted by Crippen LogP contribution is -2.14. The Bertz CT molecular complexity index is 835. The minimum atomic E-state index is -1.04. The smallest absolute Gasteiger partial charge is 0.266 e. The van der Waals surface area contributed by atoms with Crippen LogP contribution < -0.4 is 5.32 Å². The number of hydrogen-bond acceptors (Lipinski definition) is 2. The summed E-state index contributed by atoms with van der Waals surface area (Å²) in [6, 6.07) is 10.4. The zero-order valence-electron chi connectivity index (χ0n) is 12.7. The fourth-order valence-corrected chi connectivity index (χ4v) is 2.06. The summed E-state index contributed by atoms with van der Waals surface area (Å²) in [6.07, 6.45) is 1.21. The van der Waals surface area contributed by atoms with Gasteiger partial charge in [-0.1, -0.05) is 23.8 Å². The number of nitrogens with one attached hydrogen (secondary N) is 1. The van der Waals surface area contributed by atoms with Crippen molar-refractivity contribution in [1.82, 2.24) is 0 Å². The first-order valence-corrected chi connectivity index (χ1v) is 6.86. The van der Waals surface area contributed by atoms with Gasteiger partial charge in [-0.25, -0.2) is 8.78 Å². The second-order valence-corrected chi connectivity index (χ2v) is 5.12.